The van der Waals surface area contributed by atoms with Gasteiger partial charge in [0.15, 0.2) is 0 Å². The van der Waals surface area contributed by atoms with E-state index in [2.05, 4.69) is 9.97 Å². The number of carbonyl (C=O) groups is 1. The number of carbonyl (C=O) groups excluding carboxylic acids is 1. The predicted octanol–water partition coefficient (Wildman–Crippen LogP) is 4.84. The number of benzene rings is 1. The number of ether oxygens (including phenoxy) is 1. The molecule has 0 amide bonds. The Labute approximate surface area is 171 Å². The van der Waals surface area contributed by atoms with Crippen LogP contribution >= 0.6 is 22.9 Å². The molecule has 2 aromatic heterocycles. The fraction of sp³-hybridized carbons (Fsp3) is 0.250. The first-order valence-corrected chi connectivity index (χ1v) is 9.83. The number of anilines is 1. The Bertz CT molecular complexity index is 990. The highest BCUT2D eigenvalue weighted by Crippen LogP contribution is 2.35. The van der Waals surface area contributed by atoms with E-state index in [1.165, 1.54) is 23.5 Å². The molecule has 28 heavy (non-hydrogen) atoms. The van der Waals surface area contributed by atoms with Crippen LogP contribution in [0.1, 0.15) is 11.8 Å². The van der Waals surface area contributed by atoms with E-state index in [4.69, 9.17) is 16.3 Å². The number of rotatable bonds is 6. The number of aromatic nitrogens is 2. The molecule has 0 aliphatic heterocycles. The molecule has 0 fully saturated rings. The zero-order valence-electron chi connectivity index (χ0n) is 15.7. The molecule has 0 unspecified atom stereocenters. The lowest BCUT2D eigenvalue weighted by Crippen LogP contribution is -2.09. The first kappa shape index (κ1) is 20.2. The lowest BCUT2D eigenvalue weighted by Gasteiger charge is -2.10. The van der Waals surface area contributed by atoms with Gasteiger partial charge in [-0.25, -0.2) is 14.4 Å². The summed E-state index contributed by atoms with van der Waals surface area (Å²) in [6, 6.07) is 8.30. The summed E-state index contributed by atoms with van der Waals surface area (Å²) in [4.78, 5) is 23.7. The fourth-order valence-corrected chi connectivity index (χ4v) is 3.76. The average molecular weight is 420 g/mol. The van der Waals surface area contributed by atoms with Gasteiger partial charge in [-0.05, 0) is 31.2 Å². The number of nitrogens with zero attached hydrogens (tertiary/aromatic N) is 3. The van der Waals surface area contributed by atoms with Gasteiger partial charge in [-0.2, -0.15) is 0 Å². The van der Waals surface area contributed by atoms with Crippen molar-refractivity contribution in [1.29, 1.82) is 0 Å². The Morgan fingerprint density at radius 2 is 2.00 bits per heavy atom. The topological polar surface area (TPSA) is 55.3 Å². The third-order valence-electron chi connectivity index (χ3n) is 3.95. The molecule has 8 heteroatoms. The summed E-state index contributed by atoms with van der Waals surface area (Å²) in [6.07, 6.45) is 1.79. The maximum atomic E-state index is 14.0. The molecule has 3 rings (SSSR count). The zero-order chi connectivity index (χ0) is 20.3. The second-order valence-electron chi connectivity index (χ2n) is 6.20. The molecule has 5 nitrogen and oxygen atoms in total. The maximum Gasteiger partial charge on any atom is 0.311 e. The Morgan fingerprint density at radius 1 is 1.25 bits per heavy atom. The number of halogens is 2. The molecule has 0 saturated carbocycles. The highest BCUT2D eigenvalue weighted by Gasteiger charge is 2.19. The quantitative estimate of drug-likeness (QED) is 0.535. The number of pyridine rings is 1. The summed E-state index contributed by atoms with van der Waals surface area (Å²) in [5.74, 6) is -0.0608. The fourth-order valence-electron chi connectivity index (χ4n) is 2.58. The molecular formula is C20H19ClFN3O2S. The smallest absolute Gasteiger partial charge is 0.311 e. The van der Waals surface area contributed by atoms with Gasteiger partial charge in [0, 0.05) is 36.3 Å². The first-order valence-electron chi connectivity index (χ1n) is 8.63. The van der Waals surface area contributed by atoms with Crippen molar-refractivity contribution < 1.29 is 13.9 Å². The molecule has 0 aliphatic rings. The second-order valence-corrected chi connectivity index (χ2v) is 7.69. The second kappa shape index (κ2) is 8.67. The minimum Gasteiger partial charge on any atom is -0.466 e. The summed E-state index contributed by atoms with van der Waals surface area (Å²) in [7, 11) is 3.83. The predicted molar refractivity (Wildman–Crippen MR) is 110 cm³/mol. The van der Waals surface area contributed by atoms with Gasteiger partial charge in [0.05, 0.1) is 23.7 Å². The van der Waals surface area contributed by atoms with Crippen LogP contribution in [0.5, 0.6) is 0 Å². The first-order chi connectivity index (χ1) is 13.4. The number of hydrogen-bond donors (Lipinski definition) is 0. The van der Waals surface area contributed by atoms with E-state index in [-0.39, 0.29) is 17.4 Å². The molecule has 0 saturated heterocycles. The van der Waals surface area contributed by atoms with Crippen molar-refractivity contribution in [1.82, 2.24) is 9.97 Å². The molecule has 1 aromatic carbocycles. The van der Waals surface area contributed by atoms with Gasteiger partial charge in [-0.3, -0.25) is 4.79 Å². The molecule has 0 bridgehead atoms. The molecule has 146 valence electrons. The minimum atomic E-state index is -0.534. The standard InChI is InChI=1S/C20H19ClFN3O2S/c1-4-27-18(26)10-16-19(12-5-7-14(21)15(22)9-12)24-20(28-16)13-6-8-17(23-11-13)25(2)3/h5-9,11H,4,10H2,1-3H3. The Morgan fingerprint density at radius 3 is 2.61 bits per heavy atom. The van der Waals surface area contributed by atoms with E-state index in [0.717, 1.165) is 11.4 Å². The van der Waals surface area contributed by atoms with Crippen LogP contribution in [0.4, 0.5) is 10.2 Å². The minimum absolute atomic E-state index is 0.0367. The van der Waals surface area contributed by atoms with Crippen molar-refractivity contribution in [3.05, 3.63) is 52.2 Å². The van der Waals surface area contributed by atoms with Gasteiger partial charge in [0.2, 0.25) is 0 Å². The van der Waals surface area contributed by atoms with Crippen LogP contribution in [0.15, 0.2) is 36.5 Å². The molecule has 0 radical (unpaired) electrons. The van der Waals surface area contributed by atoms with Gasteiger partial charge in [-0.15, -0.1) is 11.3 Å². The summed E-state index contributed by atoms with van der Waals surface area (Å²) in [6.45, 7) is 2.05. The SMILES string of the molecule is CCOC(=O)Cc1sc(-c2ccc(N(C)C)nc2)nc1-c1ccc(Cl)c(F)c1. The van der Waals surface area contributed by atoms with Crippen molar-refractivity contribution in [3.8, 4) is 21.8 Å². The maximum absolute atomic E-state index is 14.0. The van der Waals surface area contributed by atoms with Crippen molar-refractivity contribution in [2.75, 3.05) is 25.6 Å². The van der Waals surface area contributed by atoms with Gasteiger partial charge in [-0.1, -0.05) is 17.7 Å². The van der Waals surface area contributed by atoms with E-state index in [1.54, 1.807) is 19.2 Å². The largest absolute Gasteiger partial charge is 0.466 e. The average Bonchev–Trinajstić information content (AvgIpc) is 3.08. The van der Waals surface area contributed by atoms with Crippen molar-refractivity contribution in [2.24, 2.45) is 0 Å². The van der Waals surface area contributed by atoms with Crippen molar-refractivity contribution in [3.63, 3.8) is 0 Å². The van der Waals surface area contributed by atoms with E-state index in [0.29, 0.717) is 27.7 Å². The molecule has 2 heterocycles. The highest BCUT2D eigenvalue weighted by molar-refractivity contribution is 7.15. The van der Waals surface area contributed by atoms with Crippen LogP contribution in [0.3, 0.4) is 0 Å². The van der Waals surface area contributed by atoms with Crippen LogP contribution in [0.2, 0.25) is 5.02 Å². The van der Waals surface area contributed by atoms with Crippen LogP contribution in [0.25, 0.3) is 21.8 Å². The molecule has 0 atom stereocenters. The lowest BCUT2D eigenvalue weighted by atomic mass is 10.1. The highest BCUT2D eigenvalue weighted by atomic mass is 35.5. The van der Waals surface area contributed by atoms with Crippen LogP contribution in [-0.4, -0.2) is 36.6 Å². The van der Waals surface area contributed by atoms with Gasteiger partial charge >= 0.3 is 5.97 Å². The van der Waals surface area contributed by atoms with Crippen molar-refractivity contribution in [2.45, 2.75) is 13.3 Å². The van der Waals surface area contributed by atoms with Crippen LogP contribution in [-0.2, 0) is 16.0 Å². The van der Waals surface area contributed by atoms with Gasteiger partial charge < -0.3 is 9.64 Å². The Balaban J connectivity index is 2.03. The van der Waals surface area contributed by atoms with E-state index in [1.807, 2.05) is 31.1 Å². The van der Waals surface area contributed by atoms with E-state index in [9.17, 15) is 9.18 Å². The Hall–Kier alpha value is -2.51. The normalized spacial score (nSPS) is 10.8. The van der Waals surface area contributed by atoms with Crippen LogP contribution < -0.4 is 4.90 Å². The van der Waals surface area contributed by atoms with Gasteiger partial charge in [0.25, 0.3) is 0 Å². The lowest BCUT2D eigenvalue weighted by molar-refractivity contribution is -0.142. The number of hydrogen-bond acceptors (Lipinski definition) is 6. The summed E-state index contributed by atoms with van der Waals surface area (Å²) in [5.41, 5.74) is 1.92. The zero-order valence-corrected chi connectivity index (χ0v) is 17.3. The summed E-state index contributed by atoms with van der Waals surface area (Å²) < 4.78 is 19.0. The Kier molecular flexibility index (Phi) is 6.26. The van der Waals surface area contributed by atoms with E-state index >= 15 is 0 Å². The monoisotopic (exact) mass is 419 g/mol. The molecule has 0 spiro atoms. The van der Waals surface area contributed by atoms with E-state index < -0.39 is 5.82 Å². The van der Waals surface area contributed by atoms with Crippen LogP contribution in [0, 0.1) is 5.82 Å². The molecule has 3 aromatic rings. The molecule has 0 N–H and O–H groups in total. The summed E-state index contributed by atoms with van der Waals surface area (Å²) in [5, 5.41) is 0.733. The van der Waals surface area contributed by atoms with Crippen molar-refractivity contribution >= 4 is 34.7 Å². The number of esters is 1. The number of thiazole rings is 1. The third-order valence-corrected chi connectivity index (χ3v) is 5.36. The molecular weight excluding hydrogens is 401 g/mol. The molecule has 0 aliphatic carbocycles. The van der Waals surface area contributed by atoms with Gasteiger partial charge in [0.1, 0.15) is 16.6 Å². The summed E-state index contributed by atoms with van der Waals surface area (Å²) >= 11 is 7.16. The third kappa shape index (κ3) is 4.48.